The lowest BCUT2D eigenvalue weighted by molar-refractivity contribution is -0.143. The summed E-state index contributed by atoms with van der Waals surface area (Å²) in [6.07, 6.45) is 7.96. The first-order valence-electron chi connectivity index (χ1n) is 9.37. The number of ether oxygens (including phenoxy) is 2. The molecule has 0 N–H and O–H groups in total. The Morgan fingerprint density at radius 1 is 1.22 bits per heavy atom. The van der Waals surface area contributed by atoms with E-state index in [0.29, 0.717) is 6.42 Å². The van der Waals surface area contributed by atoms with Gasteiger partial charge >= 0.3 is 0 Å². The van der Waals surface area contributed by atoms with Crippen molar-refractivity contribution in [1.29, 1.82) is 0 Å². The predicted octanol–water partition coefficient (Wildman–Crippen LogP) is 4.18. The first kappa shape index (κ1) is 19.4. The van der Waals surface area contributed by atoms with Crippen molar-refractivity contribution in [2.24, 2.45) is 22.7 Å². The second kappa shape index (κ2) is 6.99. The van der Waals surface area contributed by atoms with Gasteiger partial charge in [0.05, 0.1) is 19.6 Å². The maximum Gasteiger partial charge on any atom is 0.169 e. The summed E-state index contributed by atoms with van der Waals surface area (Å²) in [5, 5.41) is 0. The number of allylic oxidation sites excluding steroid dienone is 4. The molecule has 4 nitrogen and oxygen atoms in total. The quantitative estimate of drug-likeness (QED) is 0.444. The molecule has 1 aromatic rings. The standard InChI is InChI=1S/C23H28O4/c1-15-6-9-20-22(2,3)11-10-21(25)23(20,14-24)18(15)13-16-12-17(26-4)7-8-19(16)27-5/h6-8,10-12,14,18,20H,9,13H2,1-5H3/t18-,20-,23-/m0/s1. The minimum absolute atomic E-state index is 0.0506. The molecule has 0 heterocycles. The van der Waals surface area contributed by atoms with Gasteiger partial charge < -0.3 is 14.3 Å². The number of rotatable bonds is 5. The molecule has 3 rings (SSSR count). The van der Waals surface area contributed by atoms with Crippen LogP contribution in [0.1, 0.15) is 32.8 Å². The molecule has 0 amide bonds. The zero-order valence-corrected chi connectivity index (χ0v) is 16.7. The maximum absolute atomic E-state index is 13.1. The average molecular weight is 368 g/mol. The molecule has 2 aliphatic carbocycles. The predicted molar refractivity (Wildman–Crippen MR) is 105 cm³/mol. The highest BCUT2D eigenvalue weighted by molar-refractivity contribution is 6.07. The molecule has 0 aliphatic heterocycles. The fraction of sp³-hybridized carbons (Fsp3) is 0.478. The zero-order chi connectivity index (χ0) is 19.8. The van der Waals surface area contributed by atoms with E-state index in [1.165, 1.54) is 0 Å². The van der Waals surface area contributed by atoms with Crippen molar-refractivity contribution >= 4 is 12.1 Å². The Hall–Kier alpha value is -2.36. The lowest BCUT2D eigenvalue weighted by atomic mass is 9.49. The summed E-state index contributed by atoms with van der Waals surface area (Å²) in [4.78, 5) is 25.6. The van der Waals surface area contributed by atoms with Gasteiger partial charge in [0, 0.05) is 5.92 Å². The molecule has 0 unspecified atom stereocenters. The second-order valence-electron chi connectivity index (χ2n) is 8.24. The van der Waals surface area contributed by atoms with Crippen molar-refractivity contribution in [3.63, 3.8) is 0 Å². The Morgan fingerprint density at radius 2 is 1.96 bits per heavy atom. The average Bonchev–Trinajstić information content (AvgIpc) is 2.66. The van der Waals surface area contributed by atoms with Crippen LogP contribution in [0.2, 0.25) is 0 Å². The van der Waals surface area contributed by atoms with Gasteiger partial charge in [0.15, 0.2) is 5.78 Å². The Bertz CT molecular complexity index is 818. The van der Waals surface area contributed by atoms with Crippen LogP contribution in [0.4, 0.5) is 0 Å². The van der Waals surface area contributed by atoms with E-state index in [9.17, 15) is 9.59 Å². The minimum atomic E-state index is -1.04. The molecule has 0 bridgehead atoms. The highest BCUT2D eigenvalue weighted by atomic mass is 16.5. The molecule has 0 fully saturated rings. The maximum atomic E-state index is 13.1. The van der Waals surface area contributed by atoms with Gasteiger partial charge in [0.1, 0.15) is 17.8 Å². The van der Waals surface area contributed by atoms with Crippen LogP contribution >= 0.6 is 0 Å². The van der Waals surface area contributed by atoms with Gasteiger partial charge in [-0.15, -0.1) is 0 Å². The first-order chi connectivity index (χ1) is 12.8. The van der Waals surface area contributed by atoms with Gasteiger partial charge in [-0.2, -0.15) is 0 Å². The number of benzene rings is 1. The third kappa shape index (κ3) is 3.01. The summed E-state index contributed by atoms with van der Waals surface area (Å²) >= 11 is 0. The lowest BCUT2D eigenvalue weighted by Gasteiger charge is -2.51. The molecule has 0 aromatic heterocycles. The van der Waals surface area contributed by atoms with Crippen LogP contribution in [-0.4, -0.2) is 26.3 Å². The van der Waals surface area contributed by atoms with Crippen LogP contribution in [0.25, 0.3) is 0 Å². The van der Waals surface area contributed by atoms with Crippen LogP contribution in [0.15, 0.2) is 42.0 Å². The fourth-order valence-electron chi connectivity index (χ4n) is 4.89. The van der Waals surface area contributed by atoms with Crippen LogP contribution in [0, 0.1) is 22.7 Å². The fourth-order valence-corrected chi connectivity index (χ4v) is 4.89. The molecule has 1 aromatic carbocycles. The van der Waals surface area contributed by atoms with Gasteiger partial charge in [0.25, 0.3) is 0 Å². The number of carbonyl (C=O) groups excluding carboxylic acids is 2. The minimum Gasteiger partial charge on any atom is -0.497 e. The summed E-state index contributed by atoms with van der Waals surface area (Å²) in [6, 6.07) is 5.65. The van der Waals surface area contributed by atoms with Crippen LogP contribution in [-0.2, 0) is 16.0 Å². The number of carbonyl (C=O) groups is 2. The molecule has 4 heteroatoms. The highest BCUT2D eigenvalue weighted by Gasteiger charge is 2.58. The van der Waals surface area contributed by atoms with E-state index in [4.69, 9.17) is 9.47 Å². The Balaban J connectivity index is 2.12. The topological polar surface area (TPSA) is 52.6 Å². The molecule has 0 saturated carbocycles. The number of hydrogen-bond donors (Lipinski definition) is 0. The van der Waals surface area contributed by atoms with Crippen LogP contribution < -0.4 is 9.47 Å². The molecule has 27 heavy (non-hydrogen) atoms. The Kier molecular flexibility index (Phi) is 5.02. The number of fused-ring (bicyclic) bond motifs is 1. The summed E-state index contributed by atoms with van der Waals surface area (Å²) in [5.41, 5.74) is 0.771. The number of ketones is 1. The van der Waals surface area contributed by atoms with Gasteiger partial charge in [-0.3, -0.25) is 4.79 Å². The number of methoxy groups -OCH3 is 2. The molecule has 144 valence electrons. The number of hydrogen-bond acceptors (Lipinski definition) is 4. The molecule has 0 spiro atoms. The Labute approximate surface area is 161 Å². The second-order valence-corrected chi connectivity index (χ2v) is 8.24. The summed E-state index contributed by atoms with van der Waals surface area (Å²) < 4.78 is 10.9. The van der Waals surface area contributed by atoms with Crippen molar-refractivity contribution < 1.29 is 19.1 Å². The van der Waals surface area contributed by atoms with Crippen molar-refractivity contribution in [3.8, 4) is 11.5 Å². The van der Waals surface area contributed by atoms with E-state index in [2.05, 4.69) is 19.9 Å². The van der Waals surface area contributed by atoms with Crippen molar-refractivity contribution in [2.45, 2.75) is 33.6 Å². The van der Waals surface area contributed by atoms with Gasteiger partial charge in [-0.05, 0) is 60.9 Å². The van der Waals surface area contributed by atoms with Crippen molar-refractivity contribution in [2.75, 3.05) is 14.2 Å². The van der Waals surface area contributed by atoms with E-state index >= 15 is 0 Å². The van der Waals surface area contributed by atoms with Gasteiger partial charge in [-0.1, -0.05) is 31.6 Å². The van der Waals surface area contributed by atoms with E-state index in [-0.39, 0.29) is 23.0 Å². The van der Waals surface area contributed by atoms with Crippen LogP contribution in [0.5, 0.6) is 11.5 Å². The molecule has 2 aliphatic rings. The Morgan fingerprint density at radius 3 is 2.59 bits per heavy atom. The largest absolute Gasteiger partial charge is 0.497 e. The zero-order valence-electron chi connectivity index (χ0n) is 16.7. The molecule has 3 atom stereocenters. The van der Waals surface area contributed by atoms with Crippen molar-refractivity contribution in [3.05, 3.63) is 47.6 Å². The smallest absolute Gasteiger partial charge is 0.169 e. The van der Waals surface area contributed by atoms with E-state index < -0.39 is 5.41 Å². The SMILES string of the molecule is COc1ccc(OC)c(C[C@H]2C(C)=CC[C@H]3C(C)(C)C=CC(=O)[C@@]23C=O)c1. The normalized spacial score (nSPS) is 28.9. The molecular weight excluding hydrogens is 340 g/mol. The third-order valence-electron chi connectivity index (χ3n) is 6.47. The highest BCUT2D eigenvalue weighted by Crippen LogP contribution is 2.56. The number of aldehydes is 1. The van der Waals surface area contributed by atoms with Crippen LogP contribution in [0.3, 0.4) is 0 Å². The summed E-state index contributed by atoms with van der Waals surface area (Å²) in [5.74, 6) is 1.14. The monoisotopic (exact) mass is 368 g/mol. The summed E-state index contributed by atoms with van der Waals surface area (Å²) in [6.45, 7) is 6.24. The first-order valence-corrected chi connectivity index (χ1v) is 9.37. The third-order valence-corrected chi connectivity index (χ3v) is 6.47. The van der Waals surface area contributed by atoms with E-state index in [1.54, 1.807) is 20.3 Å². The molecular formula is C23H28O4. The molecule has 0 saturated heterocycles. The van der Waals surface area contributed by atoms with Gasteiger partial charge in [-0.25, -0.2) is 0 Å². The van der Waals surface area contributed by atoms with Crippen molar-refractivity contribution in [1.82, 2.24) is 0 Å². The summed E-state index contributed by atoms with van der Waals surface area (Å²) in [7, 11) is 3.25. The lowest BCUT2D eigenvalue weighted by Crippen LogP contribution is -2.55. The van der Waals surface area contributed by atoms with E-state index in [0.717, 1.165) is 35.3 Å². The van der Waals surface area contributed by atoms with E-state index in [1.807, 2.05) is 31.2 Å². The van der Waals surface area contributed by atoms with Gasteiger partial charge in [0.2, 0.25) is 0 Å². The molecule has 0 radical (unpaired) electrons.